The van der Waals surface area contributed by atoms with E-state index < -0.39 is 11.0 Å². The molecule has 0 saturated heterocycles. The van der Waals surface area contributed by atoms with Crippen LogP contribution in [0.3, 0.4) is 0 Å². The van der Waals surface area contributed by atoms with Gasteiger partial charge in [-0.3, -0.25) is 4.79 Å². The normalized spacial score (nSPS) is 12.0. The van der Waals surface area contributed by atoms with Crippen LogP contribution in [0.2, 0.25) is 0 Å². The summed E-state index contributed by atoms with van der Waals surface area (Å²) < 4.78 is 15.4. The van der Waals surface area contributed by atoms with Crippen molar-refractivity contribution in [1.29, 1.82) is 5.26 Å². The minimum atomic E-state index is -1.37. The van der Waals surface area contributed by atoms with Crippen LogP contribution in [0.1, 0.15) is 15.9 Å². The number of nitriles is 1. The average Bonchev–Trinajstić information content (AvgIpc) is 3.14. The third-order valence-corrected chi connectivity index (χ3v) is 5.18. The SMILES string of the molecule is CN(CC#N)S(=O)c1ccc(CNC(=O)c2ccc3nccn3c2)cc1. The minimum Gasteiger partial charge on any atom is -0.348 e. The molecule has 0 saturated carbocycles. The van der Waals surface area contributed by atoms with Gasteiger partial charge in [0.05, 0.1) is 23.1 Å². The Labute approximate surface area is 153 Å². The minimum absolute atomic E-state index is 0.0890. The summed E-state index contributed by atoms with van der Waals surface area (Å²) in [6.07, 6.45) is 5.19. The van der Waals surface area contributed by atoms with E-state index in [0.717, 1.165) is 11.2 Å². The molecule has 8 heteroatoms. The van der Waals surface area contributed by atoms with Gasteiger partial charge in [0.15, 0.2) is 0 Å². The number of nitrogens with zero attached hydrogens (tertiary/aromatic N) is 4. The van der Waals surface area contributed by atoms with Crippen molar-refractivity contribution in [3.05, 3.63) is 66.1 Å². The van der Waals surface area contributed by atoms with Gasteiger partial charge in [0.1, 0.15) is 16.6 Å². The Hall–Kier alpha value is -3.02. The van der Waals surface area contributed by atoms with Gasteiger partial charge in [0, 0.05) is 32.2 Å². The molecule has 0 bridgehead atoms. The lowest BCUT2D eigenvalue weighted by Crippen LogP contribution is -2.23. The molecule has 2 heterocycles. The number of pyridine rings is 1. The molecule has 1 unspecified atom stereocenters. The Morgan fingerprint density at radius 2 is 2.08 bits per heavy atom. The predicted octanol–water partition coefficient (Wildman–Crippen LogP) is 1.74. The molecule has 1 aromatic carbocycles. The van der Waals surface area contributed by atoms with Crippen LogP contribution in [0.15, 0.2) is 59.9 Å². The first-order valence-electron chi connectivity index (χ1n) is 7.88. The molecule has 26 heavy (non-hydrogen) atoms. The van der Waals surface area contributed by atoms with Gasteiger partial charge in [-0.15, -0.1) is 0 Å². The highest BCUT2D eigenvalue weighted by molar-refractivity contribution is 7.82. The van der Waals surface area contributed by atoms with E-state index in [0.29, 0.717) is 17.0 Å². The average molecular weight is 367 g/mol. The van der Waals surface area contributed by atoms with Gasteiger partial charge < -0.3 is 9.72 Å². The molecule has 3 rings (SSSR count). The standard InChI is InChI=1S/C18H17N5O2S/c1-22(10-8-19)26(25)16-5-2-14(3-6-16)12-21-18(24)15-4-7-17-20-9-11-23(17)13-15/h2-7,9,11,13H,10,12H2,1H3,(H,21,24). The Morgan fingerprint density at radius 1 is 1.31 bits per heavy atom. The largest absolute Gasteiger partial charge is 0.348 e. The van der Waals surface area contributed by atoms with Gasteiger partial charge in [-0.1, -0.05) is 12.1 Å². The Balaban J connectivity index is 1.61. The molecule has 0 radical (unpaired) electrons. The van der Waals surface area contributed by atoms with E-state index in [2.05, 4.69) is 10.3 Å². The van der Waals surface area contributed by atoms with Crippen LogP contribution in [-0.2, 0) is 17.5 Å². The van der Waals surface area contributed by atoms with Crippen molar-refractivity contribution >= 4 is 22.5 Å². The van der Waals surface area contributed by atoms with Crippen LogP contribution in [0.25, 0.3) is 5.65 Å². The molecule has 2 aromatic heterocycles. The fraction of sp³-hybridized carbons (Fsp3) is 0.167. The van der Waals surface area contributed by atoms with E-state index in [9.17, 15) is 9.00 Å². The molecular formula is C18H17N5O2S. The van der Waals surface area contributed by atoms with Crippen LogP contribution in [0.5, 0.6) is 0 Å². The summed E-state index contributed by atoms with van der Waals surface area (Å²) in [6.45, 7) is 0.452. The highest BCUT2D eigenvalue weighted by Crippen LogP contribution is 2.11. The highest BCUT2D eigenvalue weighted by atomic mass is 32.2. The van der Waals surface area contributed by atoms with Crippen LogP contribution in [-0.4, -0.2) is 37.4 Å². The summed E-state index contributed by atoms with van der Waals surface area (Å²) in [5.41, 5.74) is 2.23. The topological polar surface area (TPSA) is 90.5 Å². The van der Waals surface area contributed by atoms with E-state index in [1.54, 1.807) is 54.3 Å². The van der Waals surface area contributed by atoms with Gasteiger partial charge in [-0.2, -0.15) is 5.26 Å². The zero-order valence-electron chi connectivity index (χ0n) is 14.1. The van der Waals surface area contributed by atoms with Crippen molar-refractivity contribution < 1.29 is 9.00 Å². The van der Waals surface area contributed by atoms with Crippen molar-refractivity contribution in [2.24, 2.45) is 0 Å². The number of nitrogens with one attached hydrogen (secondary N) is 1. The fourth-order valence-electron chi connectivity index (χ4n) is 2.40. The summed E-state index contributed by atoms with van der Waals surface area (Å²) in [5.74, 6) is -0.179. The summed E-state index contributed by atoms with van der Waals surface area (Å²) >= 11 is 0. The number of imidazole rings is 1. The number of rotatable bonds is 6. The highest BCUT2D eigenvalue weighted by Gasteiger charge is 2.11. The van der Waals surface area contributed by atoms with Crippen molar-refractivity contribution in [3.63, 3.8) is 0 Å². The molecule has 1 N–H and O–H groups in total. The maximum absolute atomic E-state index is 12.3. The van der Waals surface area contributed by atoms with E-state index >= 15 is 0 Å². The van der Waals surface area contributed by atoms with Crippen LogP contribution < -0.4 is 5.32 Å². The summed E-state index contributed by atoms with van der Waals surface area (Å²) in [5, 5.41) is 11.5. The third kappa shape index (κ3) is 3.96. The second-order valence-electron chi connectivity index (χ2n) is 5.63. The maximum atomic E-state index is 12.3. The lowest BCUT2D eigenvalue weighted by Gasteiger charge is -2.12. The van der Waals surface area contributed by atoms with Crippen molar-refractivity contribution in [3.8, 4) is 6.07 Å². The van der Waals surface area contributed by atoms with Crippen LogP contribution in [0.4, 0.5) is 0 Å². The first-order chi connectivity index (χ1) is 12.6. The van der Waals surface area contributed by atoms with E-state index in [1.807, 2.05) is 18.2 Å². The number of benzene rings is 1. The molecular weight excluding hydrogens is 350 g/mol. The quantitative estimate of drug-likeness (QED) is 0.672. The van der Waals surface area contributed by atoms with Gasteiger partial charge >= 0.3 is 0 Å². The van der Waals surface area contributed by atoms with Crippen LogP contribution >= 0.6 is 0 Å². The van der Waals surface area contributed by atoms with Crippen LogP contribution in [0, 0.1) is 11.3 Å². The van der Waals surface area contributed by atoms with E-state index in [4.69, 9.17) is 5.26 Å². The molecule has 1 amide bonds. The first kappa shape index (κ1) is 17.8. The number of fused-ring (bicyclic) bond motifs is 1. The molecule has 0 aliphatic rings. The fourth-order valence-corrected chi connectivity index (χ4v) is 3.30. The maximum Gasteiger partial charge on any atom is 0.253 e. The number of carbonyl (C=O) groups excluding carboxylic acids is 1. The Bertz CT molecular complexity index is 991. The number of hydrogen-bond donors (Lipinski definition) is 1. The first-order valence-corrected chi connectivity index (χ1v) is 8.99. The lowest BCUT2D eigenvalue weighted by molar-refractivity contribution is 0.0950. The predicted molar refractivity (Wildman–Crippen MR) is 97.5 cm³/mol. The van der Waals surface area contributed by atoms with Gasteiger partial charge in [0.2, 0.25) is 0 Å². The molecule has 0 aliphatic heterocycles. The number of amides is 1. The molecule has 0 spiro atoms. The zero-order valence-corrected chi connectivity index (χ0v) is 14.9. The molecule has 1 atom stereocenters. The summed E-state index contributed by atoms with van der Waals surface area (Å²) in [4.78, 5) is 17.0. The van der Waals surface area contributed by atoms with Crippen molar-refractivity contribution in [2.45, 2.75) is 11.4 Å². The van der Waals surface area contributed by atoms with Crippen molar-refractivity contribution in [1.82, 2.24) is 19.0 Å². The Kier molecular flexibility index (Phi) is 5.41. The number of hydrogen-bond acceptors (Lipinski definition) is 4. The second-order valence-corrected chi connectivity index (χ2v) is 7.22. The third-order valence-electron chi connectivity index (χ3n) is 3.81. The van der Waals surface area contributed by atoms with Gasteiger partial charge in [0.25, 0.3) is 5.91 Å². The number of aromatic nitrogens is 2. The molecule has 132 valence electrons. The second kappa shape index (κ2) is 7.91. The Morgan fingerprint density at radius 3 is 2.81 bits per heavy atom. The number of carbonyl (C=O) groups is 1. The molecule has 3 aromatic rings. The van der Waals surface area contributed by atoms with Gasteiger partial charge in [-0.05, 0) is 29.8 Å². The smallest absolute Gasteiger partial charge is 0.253 e. The molecule has 7 nitrogen and oxygen atoms in total. The molecule has 0 aliphatic carbocycles. The van der Waals surface area contributed by atoms with E-state index in [-0.39, 0.29) is 12.5 Å². The van der Waals surface area contributed by atoms with Gasteiger partial charge in [-0.25, -0.2) is 13.5 Å². The van der Waals surface area contributed by atoms with E-state index in [1.165, 1.54) is 4.31 Å². The monoisotopic (exact) mass is 367 g/mol. The molecule has 0 fully saturated rings. The summed E-state index contributed by atoms with van der Waals surface area (Å²) in [6, 6.07) is 12.6. The zero-order chi connectivity index (χ0) is 18.5. The summed E-state index contributed by atoms with van der Waals surface area (Å²) in [7, 11) is 0.256. The lowest BCUT2D eigenvalue weighted by atomic mass is 10.2. The van der Waals surface area contributed by atoms with Crippen molar-refractivity contribution in [2.75, 3.05) is 13.6 Å².